The molecule has 0 aliphatic rings. The Labute approximate surface area is 241 Å². The topological polar surface area (TPSA) is 20.3 Å². The maximum Gasteiger partial charge on any atom is 0.167 e. The van der Waals surface area contributed by atoms with Crippen LogP contribution in [0.5, 0.6) is 0 Å². The molecule has 4 aromatic rings. The Morgan fingerprint density at radius 2 is 1.23 bits per heavy atom. The number of aryl methyl sites for hydroxylation is 4. The molecule has 0 aromatic heterocycles. The van der Waals surface area contributed by atoms with Crippen LogP contribution < -0.4 is 4.90 Å². The molecule has 4 rings (SSSR count). The Hall–Kier alpha value is -3.91. The van der Waals surface area contributed by atoms with Crippen LogP contribution in [0.3, 0.4) is 0 Å². The molecule has 0 unspecified atom stereocenters. The minimum absolute atomic E-state index is 0.164. The van der Waals surface area contributed by atoms with Crippen molar-refractivity contribution in [1.82, 2.24) is 0 Å². The van der Waals surface area contributed by atoms with Crippen LogP contribution in [-0.2, 0) is 6.42 Å². The number of carbonyl (C=O) groups excluding carboxylic acids is 1. The molecule has 0 amide bonds. The highest BCUT2D eigenvalue weighted by Gasteiger charge is 2.13. The molecule has 2 heteroatoms. The summed E-state index contributed by atoms with van der Waals surface area (Å²) < 4.78 is 0. The second-order valence-corrected chi connectivity index (χ2v) is 11.1. The summed E-state index contributed by atoms with van der Waals surface area (Å²) in [6.07, 6.45) is 4.97. The van der Waals surface area contributed by atoms with Gasteiger partial charge in [0.15, 0.2) is 5.78 Å². The maximum atomic E-state index is 13.0. The first-order chi connectivity index (χ1) is 19.3. The Balaban J connectivity index is 1.64. The van der Waals surface area contributed by atoms with Crippen molar-refractivity contribution in [2.45, 2.75) is 60.8 Å². The standard InChI is InChI=1S/C38H43NO/c1-7-21-39(22-8-2)34-17-15-33(16-18-34)37(35-19-9-27(3)23-29(35)5)25-31-11-13-32(14-12-31)26-38(40)36-20-10-28(4)24-30(36)6/h9-20,23-25H,7-8,21-22,26H2,1-6H3. The summed E-state index contributed by atoms with van der Waals surface area (Å²) in [5, 5.41) is 0. The number of rotatable bonds is 11. The zero-order valence-corrected chi connectivity index (χ0v) is 25.1. The van der Waals surface area contributed by atoms with E-state index in [2.05, 4.69) is 118 Å². The average Bonchev–Trinajstić information content (AvgIpc) is 2.93. The van der Waals surface area contributed by atoms with E-state index in [0.29, 0.717) is 6.42 Å². The Morgan fingerprint density at radius 1 is 0.675 bits per heavy atom. The summed E-state index contributed by atoms with van der Waals surface area (Å²) in [6.45, 7) is 15.0. The lowest BCUT2D eigenvalue weighted by molar-refractivity contribution is 0.0992. The molecule has 40 heavy (non-hydrogen) atoms. The second kappa shape index (κ2) is 13.4. The van der Waals surface area contributed by atoms with E-state index in [0.717, 1.165) is 48.2 Å². The molecule has 0 saturated heterocycles. The molecule has 0 bridgehead atoms. The molecule has 4 aromatic carbocycles. The van der Waals surface area contributed by atoms with Gasteiger partial charge in [-0.15, -0.1) is 0 Å². The Morgan fingerprint density at radius 3 is 1.75 bits per heavy atom. The van der Waals surface area contributed by atoms with Crippen molar-refractivity contribution < 1.29 is 4.79 Å². The minimum atomic E-state index is 0.164. The summed E-state index contributed by atoms with van der Waals surface area (Å²) in [6, 6.07) is 30.2. The Bertz CT molecular complexity index is 1470. The highest BCUT2D eigenvalue weighted by atomic mass is 16.1. The average molecular weight is 530 g/mol. The van der Waals surface area contributed by atoms with Gasteiger partial charge in [0.1, 0.15) is 0 Å². The number of hydrogen-bond donors (Lipinski definition) is 0. The number of nitrogens with zero attached hydrogens (tertiary/aromatic N) is 1. The molecule has 0 spiro atoms. The first-order valence-electron chi connectivity index (χ1n) is 14.6. The second-order valence-electron chi connectivity index (χ2n) is 11.1. The van der Waals surface area contributed by atoms with Crippen LogP contribution in [0.1, 0.15) is 81.6 Å². The molecule has 0 aliphatic carbocycles. The lowest BCUT2D eigenvalue weighted by Gasteiger charge is -2.24. The predicted octanol–water partition coefficient (Wildman–Crippen LogP) is 9.56. The van der Waals surface area contributed by atoms with E-state index in [1.54, 1.807) is 0 Å². The molecule has 0 saturated carbocycles. The SMILES string of the molecule is CCCN(CCC)c1ccc(C(=Cc2ccc(CC(=O)c3ccc(C)cc3C)cc2)c2ccc(C)cc2C)cc1. The number of anilines is 1. The number of carbonyl (C=O) groups is 1. The lowest BCUT2D eigenvalue weighted by atomic mass is 9.91. The van der Waals surface area contributed by atoms with Crippen LogP contribution in [0.2, 0.25) is 0 Å². The molecule has 0 aliphatic heterocycles. The van der Waals surface area contributed by atoms with Gasteiger partial charge in [-0.3, -0.25) is 4.79 Å². The molecule has 0 radical (unpaired) electrons. The zero-order chi connectivity index (χ0) is 28.6. The monoisotopic (exact) mass is 529 g/mol. The van der Waals surface area contributed by atoms with Gasteiger partial charge in [0.25, 0.3) is 0 Å². The van der Waals surface area contributed by atoms with Crippen LogP contribution in [0, 0.1) is 27.7 Å². The normalized spacial score (nSPS) is 11.5. The van der Waals surface area contributed by atoms with Crippen molar-refractivity contribution >= 4 is 23.1 Å². The Kier molecular flexibility index (Phi) is 9.77. The van der Waals surface area contributed by atoms with Gasteiger partial charge in [-0.05, 0) is 97.7 Å². The fraction of sp³-hybridized carbons (Fsp3) is 0.289. The number of benzene rings is 4. The lowest BCUT2D eigenvalue weighted by Crippen LogP contribution is -2.24. The molecule has 2 nitrogen and oxygen atoms in total. The van der Waals surface area contributed by atoms with Gasteiger partial charge in [0.2, 0.25) is 0 Å². The summed E-state index contributed by atoms with van der Waals surface area (Å²) in [5.41, 5.74) is 12.7. The number of Topliss-reactive ketones (excluding diaryl/α,β-unsaturated/α-hetero) is 1. The van der Waals surface area contributed by atoms with E-state index < -0.39 is 0 Å². The summed E-state index contributed by atoms with van der Waals surface area (Å²) in [4.78, 5) is 15.5. The van der Waals surface area contributed by atoms with Crippen molar-refractivity contribution in [2.24, 2.45) is 0 Å². The van der Waals surface area contributed by atoms with Crippen molar-refractivity contribution in [3.05, 3.63) is 135 Å². The fourth-order valence-corrected chi connectivity index (χ4v) is 5.50. The molecule has 0 atom stereocenters. The van der Waals surface area contributed by atoms with Crippen LogP contribution in [0.4, 0.5) is 5.69 Å². The molecule has 206 valence electrons. The highest BCUT2D eigenvalue weighted by Crippen LogP contribution is 2.31. The van der Waals surface area contributed by atoms with E-state index >= 15 is 0 Å². The summed E-state index contributed by atoms with van der Waals surface area (Å²) in [5.74, 6) is 0.164. The van der Waals surface area contributed by atoms with Gasteiger partial charge in [0.05, 0.1) is 0 Å². The van der Waals surface area contributed by atoms with Gasteiger partial charge < -0.3 is 4.90 Å². The van der Waals surface area contributed by atoms with E-state index in [4.69, 9.17) is 0 Å². The molecule has 0 heterocycles. The third-order valence-corrected chi connectivity index (χ3v) is 7.54. The van der Waals surface area contributed by atoms with E-state index in [1.165, 1.54) is 39.1 Å². The van der Waals surface area contributed by atoms with Gasteiger partial charge >= 0.3 is 0 Å². The van der Waals surface area contributed by atoms with Crippen molar-refractivity contribution in [1.29, 1.82) is 0 Å². The summed E-state index contributed by atoms with van der Waals surface area (Å²) in [7, 11) is 0. The van der Waals surface area contributed by atoms with Gasteiger partial charge in [-0.2, -0.15) is 0 Å². The van der Waals surface area contributed by atoms with Crippen LogP contribution in [-0.4, -0.2) is 18.9 Å². The number of ketones is 1. The van der Waals surface area contributed by atoms with Gasteiger partial charge in [-0.25, -0.2) is 0 Å². The van der Waals surface area contributed by atoms with Gasteiger partial charge in [0, 0.05) is 30.8 Å². The van der Waals surface area contributed by atoms with Crippen LogP contribution in [0.15, 0.2) is 84.9 Å². The van der Waals surface area contributed by atoms with Crippen molar-refractivity contribution in [3.8, 4) is 0 Å². The van der Waals surface area contributed by atoms with Gasteiger partial charge in [-0.1, -0.05) is 97.8 Å². The highest BCUT2D eigenvalue weighted by molar-refractivity contribution is 5.99. The van der Waals surface area contributed by atoms with Crippen molar-refractivity contribution in [2.75, 3.05) is 18.0 Å². The van der Waals surface area contributed by atoms with Crippen molar-refractivity contribution in [3.63, 3.8) is 0 Å². The quantitative estimate of drug-likeness (QED) is 0.142. The first kappa shape index (κ1) is 29.1. The van der Waals surface area contributed by atoms with E-state index in [1.807, 2.05) is 19.1 Å². The maximum absolute atomic E-state index is 13.0. The first-order valence-corrected chi connectivity index (χ1v) is 14.6. The fourth-order valence-electron chi connectivity index (χ4n) is 5.50. The minimum Gasteiger partial charge on any atom is -0.372 e. The summed E-state index contributed by atoms with van der Waals surface area (Å²) >= 11 is 0. The molecular formula is C38H43NO. The molecule has 0 fully saturated rings. The van der Waals surface area contributed by atoms with E-state index in [9.17, 15) is 4.79 Å². The molecular weight excluding hydrogens is 486 g/mol. The predicted molar refractivity (Wildman–Crippen MR) is 173 cm³/mol. The number of hydrogen-bond acceptors (Lipinski definition) is 2. The largest absolute Gasteiger partial charge is 0.372 e. The van der Waals surface area contributed by atoms with Crippen LogP contribution >= 0.6 is 0 Å². The zero-order valence-electron chi connectivity index (χ0n) is 25.1. The third kappa shape index (κ3) is 7.18. The molecule has 0 N–H and O–H groups in total. The van der Waals surface area contributed by atoms with E-state index in [-0.39, 0.29) is 5.78 Å². The third-order valence-electron chi connectivity index (χ3n) is 7.54. The smallest absolute Gasteiger partial charge is 0.167 e. The van der Waals surface area contributed by atoms with Crippen LogP contribution in [0.25, 0.3) is 11.6 Å².